The van der Waals surface area contributed by atoms with Crippen LogP contribution in [0.3, 0.4) is 0 Å². The van der Waals surface area contributed by atoms with Crippen LogP contribution in [0.4, 0.5) is 0 Å². The summed E-state index contributed by atoms with van der Waals surface area (Å²) in [7, 11) is -0.566. The van der Waals surface area contributed by atoms with Crippen LogP contribution in [0, 0.1) is 0 Å². The minimum Gasteiger partial charge on any atom is -0.756 e. The molecule has 0 saturated carbocycles. The van der Waals surface area contributed by atoms with E-state index in [1.54, 1.807) is 0 Å². The molecule has 0 saturated heterocycles. The van der Waals surface area contributed by atoms with E-state index < -0.39 is 7.82 Å². The SMILES string of the molecule is C[N+](C)(CCCCS)CCOP(=O)([O-])O. The van der Waals surface area contributed by atoms with Gasteiger partial charge in [0.05, 0.1) is 20.6 Å². The fourth-order valence-electron chi connectivity index (χ4n) is 1.17. The number of rotatable bonds is 8. The zero-order chi connectivity index (χ0) is 11.9. The second-order valence-corrected chi connectivity index (χ2v) is 5.76. The average molecular weight is 257 g/mol. The van der Waals surface area contributed by atoms with Gasteiger partial charge in [-0.05, 0) is 18.6 Å². The van der Waals surface area contributed by atoms with E-state index in [9.17, 15) is 9.46 Å². The molecule has 92 valence electrons. The van der Waals surface area contributed by atoms with Crippen LogP contribution in [0.25, 0.3) is 0 Å². The predicted octanol–water partition coefficient (Wildman–Crippen LogP) is 0.250. The Labute approximate surface area is 96.7 Å². The standard InChI is InChI=1S/C8H20NO4PS/c1-9(2,5-3-4-8-15)6-7-13-14(10,11)12/h3-8H2,1-2H3,(H2-,10,11,12,15). The molecule has 0 aromatic carbocycles. The lowest BCUT2D eigenvalue weighted by Gasteiger charge is -2.30. The molecule has 0 amide bonds. The third kappa shape index (κ3) is 10.7. The molecular weight excluding hydrogens is 237 g/mol. The highest BCUT2D eigenvalue weighted by Gasteiger charge is 2.15. The third-order valence-electron chi connectivity index (χ3n) is 2.12. The Morgan fingerprint density at radius 1 is 1.40 bits per heavy atom. The van der Waals surface area contributed by atoms with E-state index in [0.717, 1.165) is 25.1 Å². The number of unbranched alkanes of at least 4 members (excludes halogenated alkanes) is 1. The van der Waals surface area contributed by atoms with Gasteiger partial charge in [-0.3, -0.25) is 4.57 Å². The molecule has 0 aliphatic rings. The molecule has 7 heteroatoms. The maximum Gasteiger partial charge on any atom is 0.265 e. The Morgan fingerprint density at radius 3 is 2.47 bits per heavy atom. The van der Waals surface area contributed by atoms with E-state index in [4.69, 9.17) is 4.89 Å². The van der Waals surface area contributed by atoms with Gasteiger partial charge in [-0.25, -0.2) is 0 Å². The lowest BCUT2D eigenvalue weighted by molar-refractivity contribution is -0.890. The van der Waals surface area contributed by atoms with Gasteiger partial charge in [-0.2, -0.15) is 12.6 Å². The molecule has 5 nitrogen and oxygen atoms in total. The minimum absolute atomic E-state index is 0.0190. The highest BCUT2D eigenvalue weighted by molar-refractivity contribution is 7.80. The molecule has 0 radical (unpaired) electrons. The molecule has 1 atom stereocenters. The van der Waals surface area contributed by atoms with E-state index in [1.807, 2.05) is 14.1 Å². The fraction of sp³-hybridized carbons (Fsp3) is 1.00. The number of phosphoric acid groups is 1. The molecule has 1 N–H and O–H groups in total. The summed E-state index contributed by atoms with van der Waals surface area (Å²) in [5.74, 6) is 0.864. The summed E-state index contributed by atoms with van der Waals surface area (Å²) in [6.45, 7) is 1.52. The van der Waals surface area contributed by atoms with Gasteiger partial charge in [0.1, 0.15) is 13.2 Å². The van der Waals surface area contributed by atoms with E-state index in [0.29, 0.717) is 11.0 Å². The first kappa shape index (κ1) is 15.4. The normalized spacial score (nSPS) is 16.3. The van der Waals surface area contributed by atoms with Crippen LogP contribution in [-0.2, 0) is 9.09 Å². The summed E-state index contributed by atoms with van der Waals surface area (Å²) in [6, 6.07) is 0. The number of hydrogen-bond donors (Lipinski definition) is 2. The van der Waals surface area contributed by atoms with Crippen molar-refractivity contribution in [2.75, 3.05) is 39.5 Å². The van der Waals surface area contributed by atoms with E-state index >= 15 is 0 Å². The number of phosphoric ester groups is 1. The summed E-state index contributed by atoms with van der Waals surface area (Å²) in [5, 5.41) is 0. The molecule has 0 spiro atoms. The minimum atomic E-state index is -4.56. The molecule has 0 aliphatic heterocycles. The van der Waals surface area contributed by atoms with Gasteiger partial charge in [-0.15, -0.1) is 0 Å². The number of hydrogen-bond acceptors (Lipinski definition) is 4. The van der Waals surface area contributed by atoms with Crippen molar-refractivity contribution < 1.29 is 23.4 Å². The van der Waals surface area contributed by atoms with Crippen molar-refractivity contribution in [1.82, 2.24) is 0 Å². The number of quaternary nitrogens is 1. The summed E-state index contributed by atoms with van der Waals surface area (Å²) in [5.41, 5.74) is 0. The van der Waals surface area contributed by atoms with Gasteiger partial charge in [0, 0.05) is 0 Å². The number of thiol groups is 1. The van der Waals surface area contributed by atoms with Crippen molar-refractivity contribution in [2.45, 2.75) is 12.8 Å². The number of likely N-dealkylation sites (N-methyl/N-ethyl adjacent to an activating group) is 1. The monoisotopic (exact) mass is 257 g/mol. The van der Waals surface area contributed by atoms with Crippen LogP contribution in [0.5, 0.6) is 0 Å². The van der Waals surface area contributed by atoms with Crippen LogP contribution in [0.2, 0.25) is 0 Å². The predicted molar refractivity (Wildman–Crippen MR) is 60.7 cm³/mol. The van der Waals surface area contributed by atoms with Crippen LogP contribution in [0.1, 0.15) is 12.8 Å². The Kier molecular flexibility index (Phi) is 7.08. The van der Waals surface area contributed by atoms with Crippen LogP contribution >= 0.6 is 20.5 Å². The molecule has 0 bridgehead atoms. The maximum absolute atomic E-state index is 10.3. The highest BCUT2D eigenvalue weighted by atomic mass is 32.1. The Morgan fingerprint density at radius 2 is 2.00 bits per heavy atom. The van der Waals surface area contributed by atoms with Crippen molar-refractivity contribution >= 4 is 20.5 Å². The largest absolute Gasteiger partial charge is 0.756 e. The first-order valence-corrected chi connectivity index (χ1v) is 7.01. The van der Waals surface area contributed by atoms with Crippen LogP contribution in [-0.4, -0.2) is 48.9 Å². The Hall–Kier alpha value is 0.420. The average Bonchev–Trinajstić information content (AvgIpc) is 2.01. The molecule has 0 aliphatic carbocycles. The van der Waals surface area contributed by atoms with Crippen molar-refractivity contribution in [2.24, 2.45) is 0 Å². The Balaban J connectivity index is 3.69. The highest BCUT2D eigenvalue weighted by Crippen LogP contribution is 2.29. The zero-order valence-corrected chi connectivity index (χ0v) is 11.0. The smallest absolute Gasteiger partial charge is 0.265 e. The molecule has 0 aromatic heterocycles. The fourth-order valence-corrected chi connectivity index (χ4v) is 1.70. The van der Waals surface area contributed by atoms with Gasteiger partial charge in [-0.1, -0.05) is 0 Å². The molecule has 0 rings (SSSR count). The maximum atomic E-state index is 10.3. The van der Waals surface area contributed by atoms with Crippen LogP contribution < -0.4 is 4.89 Å². The summed E-state index contributed by atoms with van der Waals surface area (Å²) < 4.78 is 15.3. The molecule has 0 heterocycles. The molecule has 15 heavy (non-hydrogen) atoms. The van der Waals surface area contributed by atoms with E-state index in [2.05, 4.69) is 17.2 Å². The van der Waals surface area contributed by atoms with E-state index in [-0.39, 0.29) is 6.61 Å². The van der Waals surface area contributed by atoms with Crippen molar-refractivity contribution in [3.63, 3.8) is 0 Å². The molecule has 0 aromatic rings. The second-order valence-electron chi connectivity index (χ2n) is 4.12. The molecule has 0 fully saturated rings. The van der Waals surface area contributed by atoms with Gasteiger partial charge in [0.25, 0.3) is 7.82 Å². The summed E-state index contributed by atoms with van der Waals surface area (Å²) >= 11 is 4.12. The van der Waals surface area contributed by atoms with Gasteiger partial charge >= 0.3 is 0 Å². The molecular formula is C8H20NO4PS. The lowest BCUT2D eigenvalue weighted by atomic mass is 10.3. The zero-order valence-electron chi connectivity index (χ0n) is 9.26. The first-order valence-electron chi connectivity index (χ1n) is 4.88. The quantitative estimate of drug-likeness (QED) is 0.283. The third-order valence-corrected chi connectivity index (χ3v) is 2.95. The topological polar surface area (TPSA) is 69.6 Å². The van der Waals surface area contributed by atoms with Gasteiger partial charge in [0.15, 0.2) is 0 Å². The number of nitrogens with zero attached hydrogens (tertiary/aromatic N) is 1. The van der Waals surface area contributed by atoms with Gasteiger partial charge < -0.3 is 18.8 Å². The van der Waals surface area contributed by atoms with Gasteiger partial charge in [0.2, 0.25) is 0 Å². The molecule has 1 unspecified atom stereocenters. The van der Waals surface area contributed by atoms with Crippen molar-refractivity contribution in [1.29, 1.82) is 0 Å². The van der Waals surface area contributed by atoms with Crippen molar-refractivity contribution in [3.05, 3.63) is 0 Å². The summed E-state index contributed by atoms with van der Waals surface area (Å²) in [4.78, 5) is 18.7. The second kappa shape index (κ2) is 6.89. The van der Waals surface area contributed by atoms with Crippen LogP contribution in [0.15, 0.2) is 0 Å². The van der Waals surface area contributed by atoms with Crippen molar-refractivity contribution in [3.8, 4) is 0 Å². The lowest BCUT2D eigenvalue weighted by Crippen LogP contribution is -2.43. The first-order chi connectivity index (χ1) is 6.77. The summed E-state index contributed by atoms with van der Waals surface area (Å²) in [6.07, 6.45) is 2.09. The Bertz CT molecular complexity index is 219. The van der Waals surface area contributed by atoms with E-state index in [1.165, 1.54) is 0 Å².